The highest BCUT2D eigenvalue weighted by Gasteiger charge is 2.29. The van der Waals surface area contributed by atoms with Crippen LogP contribution in [0.25, 0.3) is 16.5 Å². The first-order chi connectivity index (χ1) is 9.31. The molecule has 1 saturated carbocycles. The molecular formula is C15H16BrN3. The maximum Gasteiger partial charge on any atom is 0.108 e. The van der Waals surface area contributed by atoms with Gasteiger partial charge < -0.3 is 4.98 Å². The summed E-state index contributed by atoms with van der Waals surface area (Å²) in [6.45, 7) is 2.31. The fraction of sp³-hybridized carbons (Fsp3) is 0.400. The quantitative estimate of drug-likeness (QED) is 0.859. The van der Waals surface area contributed by atoms with Crippen molar-refractivity contribution in [3.63, 3.8) is 0 Å². The minimum absolute atomic E-state index is 0.874. The van der Waals surface area contributed by atoms with Crippen molar-refractivity contribution < 1.29 is 0 Å². The van der Waals surface area contributed by atoms with E-state index in [-0.39, 0.29) is 0 Å². The van der Waals surface area contributed by atoms with Crippen LogP contribution in [0.1, 0.15) is 24.8 Å². The molecule has 0 saturated heterocycles. The van der Waals surface area contributed by atoms with Gasteiger partial charge in [-0.15, -0.1) is 0 Å². The summed E-state index contributed by atoms with van der Waals surface area (Å²) in [5.41, 5.74) is 3.94. The number of hydrogen-bond donors (Lipinski definition) is 1. The SMILES string of the molecule is Brc1cc2[nH]cc(C3=CCN(C4CC4)CC3)c2cn1. The summed E-state index contributed by atoms with van der Waals surface area (Å²) in [6, 6.07) is 2.91. The highest BCUT2D eigenvalue weighted by Crippen LogP contribution is 2.33. The van der Waals surface area contributed by atoms with Crippen LogP contribution in [-0.4, -0.2) is 34.0 Å². The van der Waals surface area contributed by atoms with Crippen LogP contribution in [0.3, 0.4) is 0 Å². The number of halogens is 1. The normalized spacial score (nSPS) is 20.8. The molecule has 0 amide bonds. The largest absolute Gasteiger partial charge is 0.360 e. The summed E-state index contributed by atoms with van der Waals surface area (Å²) < 4.78 is 0.880. The predicted octanol–water partition coefficient (Wildman–Crippen LogP) is 3.58. The van der Waals surface area contributed by atoms with E-state index in [2.05, 4.69) is 43.1 Å². The number of aromatic nitrogens is 2. The van der Waals surface area contributed by atoms with Gasteiger partial charge in [-0.1, -0.05) is 6.08 Å². The Morgan fingerprint density at radius 2 is 2.26 bits per heavy atom. The van der Waals surface area contributed by atoms with Crippen molar-refractivity contribution >= 4 is 32.4 Å². The van der Waals surface area contributed by atoms with E-state index in [4.69, 9.17) is 0 Å². The summed E-state index contributed by atoms with van der Waals surface area (Å²) in [7, 11) is 0. The van der Waals surface area contributed by atoms with E-state index in [0.717, 1.165) is 29.1 Å². The summed E-state index contributed by atoms with van der Waals surface area (Å²) in [5.74, 6) is 0. The average Bonchev–Trinajstić information content (AvgIpc) is 3.20. The Morgan fingerprint density at radius 1 is 1.37 bits per heavy atom. The fourth-order valence-corrected chi connectivity index (χ4v) is 3.29. The maximum atomic E-state index is 4.35. The number of hydrogen-bond acceptors (Lipinski definition) is 2. The number of nitrogens with one attached hydrogen (secondary N) is 1. The van der Waals surface area contributed by atoms with Gasteiger partial charge in [0, 0.05) is 42.5 Å². The molecule has 4 rings (SSSR count). The van der Waals surface area contributed by atoms with Crippen LogP contribution in [0, 0.1) is 0 Å². The van der Waals surface area contributed by atoms with Gasteiger partial charge in [0.15, 0.2) is 0 Å². The highest BCUT2D eigenvalue weighted by molar-refractivity contribution is 9.10. The Hall–Kier alpha value is -1.13. The predicted molar refractivity (Wildman–Crippen MR) is 81.0 cm³/mol. The molecular weight excluding hydrogens is 302 g/mol. The van der Waals surface area contributed by atoms with Crippen LogP contribution in [0.5, 0.6) is 0 Å². The van der Waals surface area contributed by atoms with Crippen molar-refractivity contribution in [2.45, 2.75) is 25.3 Å². The van der Waals surface area contributed by atoms with Gasteiger partial charge >= 0.3 is 0 Å². The molecule has 0 aromatic carbocycles. The van der Waals surface area contributed by atoms with Crippen molar-refractivity contribution in [2.24, 2.45) is 0 Å². The van der Waals surface area contributed by atoms with Crippen molar-refractivity contribution in [3.05, 3.63) is 34.7 Å². The number of H-pyrrole nitrogens is 1. The van der Waals surface area contributed by atoms with Gasteiger partial charge in [0.2, 0.25) is 0 Å². The van der Waals surface area contributed by atoms with Crippen molar-refractivity contribution in [1.82, 2.24) is 14.9 Å². The topological polar surface area (TPSA) is 31.9 Å². The van der Waals surface area contributed by atoms with Crippen LogP contribution < -0.4 is 0 Å². The molecule has 0 unspecified atom stereocenters. The Bertz CT molecular complexity index is 654. The second-order valence-electron chi connectivity index (χ2n) is 5.46. The third-order valence-corrected chi connectivity index (χ3v) is 4.62. The molecule has 4 heteroatoms. The van der Waals surface area contributed by atoms with E-state index in [9.17, 15) is 0 Å². The van der Waals surface area contributed by atoms with Gasteiger partial charge in [-0.2, -0.15) is 0 Å². The highest BCUT2D eigenvalue weighted by atomic mass is 79.9. The molecule has 2 aromatic heterocycles. The smallest absolute Gasteiger partial charge is 0.108 e. The fourth-order valence-electron chi connectivity index (χ4n) is 2.96. The lowest BCUT2D eigenvalue weighted by atomic mass is 9.99. The van der Waals surface area contributed by atoms with Gasteiger partial charge in [0.1, 0.15) is 4.60 Å². The molecule has 0 atom stereocenters. The molecule has 0 bridgehead atoms. The number of nitrogens with zero attached hydrogens (tertiary/aromatic N) is 2. The van der Waals surface area contributed by atoms with Crippen molar-refractivity contribution in [2.75, 3.05) is 13.1 Å². The zero-order valence-electron chi connectivity index (χ0n) is 10.7. The molecule has 98 valence electrons. The number of fused-ring (bicyclic) bond motifs is 1. The Labute approximate surface area is 120 Å². The molecule has 1 N–H and O–H groups in total. The Kier molecular flexibility index (Phi) is 2.74. The van der Waals surface area contributed by atoms with E-state index in [1.54, 1.807) is 0 Å². The van der Waals surface area contributed by atoms with Crippen molar-refractivity contribution in [1.29, 1.82) is 0 Å². The molecule has 2 aromatic rings. The molecule has 1 fully saturated rings. The molecule has 3 heterocycles. The van der Waals surface area contributed by atoms with Gasteiger partial charge in [0.05, 0.1) is 5.52 Å². The first-order valence-electron chi connectivity index (χ1n) is 6.87. The summed E-state index contributed by atoms with van der Waals surface area (Å²) in [5, 5.41) is 1.23. The van der Waals surface area contributed by atoms with E-state index in [1.807, 2.05) is 12.3 Å². The monoisotopic (exact) mass is 317 g/mol. The molecule has 0 radical (unpaired) electrons. The number of aromatic amines is 1. The molecule has 1 aliphatic heterocycles. The average molecular weight is 318 g/mol. The summed E-state index contributed by atoms with van der Waals surface area (Å²) in [6.07, 6.45) is 10.4. The first kappa shape index (κ1) is 11.7. The second kappa shape index (κ2) is 4.46. The van der Waals surface area contributed by atoms with Gasteiger partial charge in [-0.3, -0.25) is 4.90 Å². The van der Waals surface area contributed by atoms with Crippen LogP contribution in [0.2, 0.25) is 0 Å². The first-order valence-corrected chi connectivity index (χ1v) is 7.66. The van der Waals surface area contributed by atoms with E-state index < -0.39 is 0 Å². The van der Waals surface area contributed by atoms with Crippen molar-refractivity contribution in [3.8, 4) is 0 Å². The Morgan fingerprint density at radius 3 is 3.00 bits per heavy atom. The van der Waals surface area contributed by atoms with Gasteiger partial charge in [-0.05, 0) is 46.8 Å². The lowest BCUT2D eigenvalue weighted by Gasteiger charge is -2.25. The molecule has 2 aliphatic rings. The number of pyridine rings is 1. The zero-order chi connectivity index (χ0) is 12.8. The molecule has 0 spiro atoms. The van der Waals surface area contributed by atoms with E-state index >= 15 is 0 Å². The summed E-state index contributed by atoms with van der Waals surface area (Å²) in [4.78, 5) is 10.3. The number of rotatable bonds is 2. The van der Waals surface area contributed by atoms with Crippen LogP contribution in [0.4, 0.5) is 0 Å². The molecule has 19 heavy (non-hydrogen) atoms. The minimum atomic E-state index is 0.874. The van der Waals surface area contributed by atoms with Crippen LogP contribution >= 0.6 is 15.9 Å². The van der Waals surface area contributed by atoms with Gasteiger partial charge in [-0.25, -0.2) is 4.98 Å². The summed E-state index contributed by atoms with van der Waals surface area (Å²) >= 11 is 3.42. The van der Waals surface area contributed by atoms with Gasteiger partial charge in [0.25, 0.3) is 0 Å². The lowest BCUT2D eigenvalue weighted by Crippen LogP contribution is -2.30. The second-order valence-corrected chi connectivity index (χ2v) is 6.27. The molecule has 1 aliphatic carbocycles. The standard InChI is InChI=1S/C15H16BrN3/c16-15-7-14-13(9-18-15)12(8-17-14)10-3-5-19(6-4-10)11-1-2-11/h3,7-9,11,17H,1-2,4-6H2. The molecule has 3 nitrogen and oxygen atoms in total. The van der Waals surface area contributed by atoms with E-state index in [0.29, 0.717) is 0 Å². The zero-order valence-corrected chi connectivity index (χ0v) is 12.3. The third kappa shape index (κ3) is 2.13. The maximum absolute atomic E-state index is 4.35. The lowest BCUT2D eigenvalue weighted by molar-refractivity contribution is 0.291. The van der Waals surface area contributed by atoms with Crippen LogP contribution in [-0.2, 0) is 0 Å². The Balaban J connectivity index is 1.67. The third-order valence-electron chi connectivity index (χ3n) is 4.18. The minimum Gasteiger partial charge on any atom is -0.360 e. The van der Waals surface area contributed by atoms with E-state index in [1.165, 1.54) is 35.9 Å². The van der Waals surface area contributed by atoms with Crippen LogP contribution in [0.15, 0.2) is 29.1 Å².